The number of rotatable bonds is 6. The smallest absolute Gasteiger partial charge is 0.317 e. The van der Waals surface area contributed by atoms with Gasteiger partial charge in [0.05, 0.1) is 12.0 Å². The highest BCUT2D eigenvalue weighted by Crippen LogP contribution is 2.46. The third kappa shape index (κ3) is 6.45. The van der Waals surface area contributed by atoms with Crippen LogP contribution in [-0.2, 0) is 4.74 Å². The Kier molecular flexibility index (Phi) is 8.86. The summed E-state index contributed by atoms with van der Waals surface area (Å²) in [6.07, 6.45) is 9.80. The maximum Gasteiger partial charge on any atom is 0.358 e. The van der Waals surface area contributed by atoms with Crippen molar-refractivity contribution in [3.8, 4) is 11.1 Å². The van der Waals surface area contributed by atoms with Gasteiger partial charge in [-0.05, 0) is 161 Å². The first kappa shape index (κ1) is 28.8. The normalized spacial score (nSPS) is 27.1. The van der Waals surface area contributed by atoms with Crippen molar-refractivity contribution in [3.63, 3.8) is 0 Å². The Morgan fingerprint density at radius 2 is 1.13 bits per heavy atom. The summed E-state index contributed by atoms with van der Waals surface area (Å²) in [5.41, 5.74) is 11.1. The van der Waals surface area contributed by atoms with Crippen molar-refractivity contribution in [2.45, 2.75) is 136 Å². The Morgan fingerprint density at radius 3 is 1.67 bits per heavy atom. The Morgan fingerprint density at radius 1 is 0.615 bits per heavy atom. The van der Waals surface area contributed by atoms with Gasteiger partial charge in [0.25, 0.3) is 0 Å². The Hall–Kier alpha value is -1.74. The molecule has 0 saturated heterocycles. The van der Waals surface area contributed by atoms with Crippen molar-refractivity contribution in [1.82, 2.24) is 0 Å². The minimum absolute atomic E-state index is 0.250. The average molecular weight is 537 g/mol. The van der Waals surface area contributed by atoms with E-state index in [9.17, 15) is 8.78 Å². The highest BCUT2D eigenvalue weighted by Gasteiger charge is 2.44. The number of halogens is 2. The third-order valence-electron chi connectivity index (χ3n) is 10.8. The van der Waals surface area contributed by atoms with Crippen LogP contribution in [0.1, 0.15) is 123 Å². The third-order valence-corrected chi connectivity index (χ3v) is 10.8. The molecule has 1 nitrogen and oxygen atoms in total. The van der Waals surface area contributed by atoms with Crippen LogP contribution in [0.5, 0.6) is 0 Å². The Bertz CT molecular complexity index is 1080. The lowest BCUT2D eigenvalue weighted by Gasteiger charge is -2.39. The molecule has 3 heteroatoms. The van der Waals surface area contributed by atoms with E-state index in [1.165, 1.54) is 70.2 Å². The first-order chi connectivity index (χ1) is 18.6. The van der Waals surface area contributed by atoms with Gasteiger partial charge in [0.2, 0.25) is 0 Å². The van der Waals surface area contributed by atoms with Crippen LogP contribution in [0.25, 0.3) is 11.1 Å². The van der Waals surface area contributed by atoms with Gasteiger partial charge in [0.15, 0.2) is 0 Å². The molecular weight excluding hydrogens is 486 g/mol. The molecule has 3 aliphatic rings. The second-order valence-corrected chi connectivity index (χ2v) is 13.4. The van der Waals surface area contributed by atoms with Gasteiger partial charge in [-0.25, -0.2) is 0 Å². The van der Waals surface area contributed by atoms with Crippen LogP contribution in [0.2, 0.25) is 0 Å². The van der Waals surface area contributed by atoms with Gasteiger partial charge in [0.1, 0.15) is 0 Å². The molecule has 0 radical (unpaired) electrons. The molecule has 3 aliphatic carbocycles. The maximum atomic E-state index is 14.8. The van der Waals surface area contributed by atoms with Crippen LogP contribution in [0.4, 0.5) is 8.78 Å². The van der Waals surface area contributed by atoms with E-state index in [2.05, 4.69) is 58.9 Å². The highest BCUT2D eigenvalue weighted by atomic mass is 19.3. The molecule has 39 heavy (non-hydrogen) atoms. The average Bonchev–Trinajstić information content (AvgIpc) is 2.92. The first-order valence-corrected chi connectivity index (χ1v) is 15.9. The van der Waals surface area contributed by atoms with Crippen molar-refractivity contribution in [3.05, 3.63) is 57.6 Å². The number of hydrogen-bond donors (Lipinski definition) is 0. The predicted molar refractivity (Wildman–Crippen MR) is 159 cm³/mol. The molecule has 0 N–H and O–H groups in total. The van der Waals surface area contributed by atoms with E-state index in [1.54, 1.807) is 0 Å². The van der Waals surface area contributed by atoms with E-state index in [-0.39, 0.29) is 6.10 Å². The lowest BCUT2D eigenvalue weighted by Crippen LogP contribution is -2.38. The minimum Gasteiger partial charge on any atom is -0.317 e. The van der Waals surface area contributed by atoms with Gasteiger partial charge in [-0.1, -0.05) is 43.5 Å². The molecule has 0 heterocycles. The summed E-state index contributed by atoms with van der Waals surface area (Å²) < 4.78 is 35.0. The van der Waals surface area contributed by atoms with E-state index in [0.717, 1.165) is 50.9 Å². The summed E-state index contributed by atoms with van der Waals surface area (Å²) in [6, 6.07) is 9.60. The number of alkyl halides is 2. The van der Waals surface area contributed by atoms with Crippen molar-refractivity contribution in [1.29, 1.82) is 0 Å². The van der Waals surface area contributed by atoms with Gasteiger partial charge in [-0.15, -0.1) is 0 Å². The summed E-state index contributed by atoms with van der Waals surface area (Å²) in [5.74, 6) is 1.52. The predicted octanol–water partition coefficient (Wildman–Crippen LogP) is 10.9. The molecule has 3 fully saturated rings. The molecule has 0 spiro atoms. The second kappa shape index (κ2) is 12.0. The van der Waals surface area contributed by atoms with Crippen LogP contribution in [0.15, 0.2) is 24.3 Å². The van der Waals surface area contributed by atoms with Crippen LogP contribution < -0.4 is 0 Å². The molecule has 5 rings (SSSR count). The number of benzene rings is 2. The zero-order valence-corrected chi connectivity index (χ0v) is 25.1. The molecule has 3 saturated carbocycles. The summed E-state index contributed by atoms with van der Waals surface area (Å²) >= 11 is 0. The lowest BCUT2D eigenvalue weighted by molar-refractivity contribution is -0.301. The number of hydrogen-bond acceptors (Lipinski definition) is 1. The zero-order chi connectivity index (χ0) is 27.7. The molecule has 214 valence electrons. The monoisotopic (exact) mass is 536 g/mol. The Balaban J connectivity index is 1.15. The number of aryl methyl sites for hydroxylation is 4. The molecule has 0 aliphatic heterocycles. The lowest BCUT2D eigenvalue weighted by atomic mass is 9.69. The van der Waals surface area contributed by atoms with Crippen molar-refractivity contribution < 1.29 is 13.5 Å². The SMILES string of the molecule is Cc1cc(-c2c(C)cc(C3CCC(C4CCC(OC(F)(F)C5CCCCC5)CC4)CC3)cc2C)cc(C)c1C. The summed E-state index contributed by atoms with van der Waals surface area (Å²) in [7, 11) is 0. The fraction of sp³-hybridized carbons (Fsp3) is 0.667. The maximum absolute atomic E-state index is 14.8. The Labute approximate surface area is 236 Å². The molecule has 0 unspecified atom stereocenters. The van der Waals surface area contributed by atoms with Gasteiger partial charge >= 0.3 is 6.11 Å². The van der Waals surface area contributed by atoms with Crippen LogP contribution in [0.3, 0.4) is 0 Å². The van der Waals surface area contributed by atoms with Crippen LogP contribution in [0, 0.1) is 52.4 Å². The molecule has 0 aromatic heterocycles. The molecular formula is C36H50F2O. The van der Waals surface area contributed by atoms with Gasteiger partial charge in [-0.2, -0.15) is 8.78 Å². The molecule has 0 bridgehead atoms. The van der Waals surface area contributed by atoms with E-state index in [4.69, 9.17) is 4.74 Å². The van der Waals surface area contributed by atoms with Crippen LogP contribution in [-0.4, -0.2) is 12.2 Å². The molecule has 0 amide bonds. The van der Waals surface area contributed by atoms with Crippen molar-refractivity contribution >= 4 is 0 Å². The van der Waals surface area contributed by atoms with Crippen molar-refractivity contribution in [2.75, 3.05) is 0 Å². The summed E-state index contributed by atoms with van der Waals surface area (Å²) in [6.45, 7) is 11.2. The molecule has 2 aromatic carbocycles. The van der Waals surface area contributed by atoms with E-state index in [0.29, 0.717) is 24.7 Å². The topological polar surface area (TPSA) is 9.23 Å². The van der Waals surface area contributed by atoms with Gasteiger partial charge < -0.3 is 4.74 Å². The fourth-order valence-electron chi connectivity index (χ4n) is 8.23. The van der Waals surface area contributed by atoms with Crippen LogP contribution >= 0.6 is 0 Å². The largest absolute Gasteiger partial charge is 0.358 e. The second-order valence-electron chi connectivity index (χ2n) is 13.4. The summed E-state index contributed by atoms with van der Waals surface area (Å²) in [5, 5.41) is 0. The molecule has 2 aromatic rings. The first-order valence-electron chi connectivity index (χ1n) is 15.9. The quantitative estimate of drug-likeness (QED) is 0.357. The van der Waals surface area contributed by atoms with Crippen molar-refractivity contribution in [2.24, 2.45) is 17.8 Å². The van der Waals surface area contributed by atoms with E-state index < -0.39 is 12.0 Å². The highest BCUT2D eigenvalue weighted by molar-refractivity contribution is 5.73. The molecule has 0 atom stereocenters. The van der Waals surface area contributed by atoms with Gasteiger partial charge in [0, 0.05) is 0 Å². The van der Waals surface area contributed by atoms with E-state index >= 15 is 0 Å². The van der Waals surface area contributed by atoms with E-state index in [1.807, 2.05) is 0 Å². The summed E-state index contributed by atoms with van der Waals surface area (Å²) in [4.78, 5) is 0. The zero-order valence-electron chi connectivity index (χ0n) is 25.1. The minimum atomic E-state index is -2.93. The van der Waals surface area contributed by atoms with Gasteiger partial charge in [-0.3, -0.25) is 0 Å². The fourth-order valence-corrected chi connectivity index (χ4v) is 8.23. The number of ether oxygens (including phenoxy) is 1. The standard InChI is InChI=1S/C36H50F2O/c1-23-19-32(20-24(2)27(23)5)35-25(3)21-31(22-26(35)4)30-13-11-28(12-14-30)29-15-17-34(18-16-29)39-36(37,38)33-9-7-6-8-10-33/h19-22,28-30,33-34H,6-18H2,1-5H3.